The van der Waals surface area contributed by atoms with Crippen LogP contribution in [0.15, 0.2) is 36.7 Å². The normalized spacial score (nSPS) is 11.9. The molecule has 140 valence electrons. The molecule has 11 heteroatoms. The third-order valence-corrected chi connectivity index (χ3v) is 5.06. The summed E-state index contributed by atoms with van der Waals surface area (Å²) >= 11 is 6.35. The SMILES string of the molecule is Cc1nnc2c3nc(Cc4nnc5c6ncccc6c(Cl)nn45)ccc3cnn12. The molecule has 6 aromatic heterocycles. The molecule has 6 aromatic rings. The Balaban J connectivity index is 1.51. The van der Waals surface area contributed by atoms with Crippen molar-refractivity contribution in [3.8, 4) is 0 Å². The number of pyridine rings is 2. The molecule has 29 heavy (non-hydrogen) atoms. The van der Waals surface area contributed by atoms with Crippen molar-refractivity contribution >= 4 is 44.7 Å². The molecule has 0 radical (unpaired) electrons. The smallest absolute Gasteiger partial charge is 0.204 e. The third kappa shape index (κ3) is 2.36. The van der Waals surface area contributed by atoms with Crippen LogP contribution in [0.2, 0.25) is 5.15 Å². The van der Waals surface area contributed by atoms with E-state index in [2.05, 4.69) is 35.6 Å². The standard InChI is InChI=1S/C18H11ClN10/c1-9-23-25-17-14-10(8-21-28(9)17)4-5-11(22-14)7-13-24-26-18-15-12(3-2-6-20-15)16(19)27-29(13)18/h2-6,8H,7H2,1H3. The van der Waals surface area contributed by atoms with E-state index in [1.54, 1.807) is 21.4 Å². The quantitative estimate of drug-likeness (QED) is 0.433. The first-order valence-corrected chi connectivity index (χ1v) is 9.18. The van der Waals surface area contributed by atoms with Gasteiger partial charge < -0.3 is 0 Å². The van der Waals surface area contributed by atoms with Crippen LogP contribution in [0, 0.1) is 6.92 Å². The van der Waals surface area contributed by atoms with Crippen molar-refractivity contribution in [3.63, 3.8) is 0 Å². The number of aromatic nitrogens is 10. The van der Waals surface area contributed by atoms with Crippen molar-refractivity contribution in [2.75, 3.05) is 0 Å². The van der Waals surface area contributed by atoms with Gasteiger partial charge in [0.25, 0.3) is 0 Å². The molecule has 0 amide bonds. The number of aryl methyl sites for hydroxylation is 1. The van der Waals surface area contributed by atoms with Gasteiger partial charge in [0.05, 0.1) is 12.6 Å². The Labute approximate surface area is 167 Å². The molecule has 6 rings (SSSR count). The predicted octanol–water partition coefficient (Wildman–Crippen LogP) is 2.21. The van der Waals surface area contributed by atoms with Crippen molar-refractivity contribution in [1.29, 1.82) is 0 Å². The second-order valence-corrected chi connectivity index (χ2v) is 6.94. The van der Waals surface area contributed by atoms with E-state index in [1.165, 1.54) is 0 Å². The van der Waals surface area contributed by atoms with Crippen LogP contribution >= 0.6 is 11.6 Å². The Morgan fingerprint density at radius 3 is 2.76 bits per heavy atom. The number of rotatable bonds is 2. The molecule has 0 saturated heterocycles. The monoisotopic (exact) mass is 402 g/mol. The van der Waals surface area contributed by atoms with E-state index >= 15 is 0 Å². The van der Waals surface area contributed by atoms with Crippen LogP contribution in [0.1, 0.15) is 17.3 Å². The molecule has 0 aliphatic heterocycles. The highest BCUT2D eigenvalue weighted by Gasteiger charge is 2.16. The van der Waals surface area contributed by atoms with E-state index in [9.17, 15) is 0 Å². The van der Waals surface area contributed by atoms with Crippen LogP contribution in [0.5, 0.6) is 0 Å². The number of hydrogen-bond acceptors (Lipinski definition) is 8. The molecule has 0 unspecified atom stereocenters. The molecule has 0 bridgehead atoms. The van der Waals surface area contributed by atoms with E-state index in [0.29, 0.717) is 40.0 Å². The van der Waals surface area contributed by atoms with Crippen molar-refractivity contribution in [2.24, 2.45) is 0 Å². The second-order valence-electron chi connectivity index (χ2n) is 6.59. The molecule has 6 heterocycles. The summed E-state index contributed by atoms with van der Waals surface area (Å²) in [6, 6.07) is 7.54. The van der Waals surface area contributed by atoms with E-state index in [1.807, 2.05) is 31.2 Å². The Kier molecular flexibility index (Phi) is 3.27. The molecular formula is C18H11ClN10. The predicted molar refractivity (Wildman–Crippen MR) is 105 cm³/mol. The molecule has 0 aromatic carbocycles. The average molecular weight is 403 g/mol. The zero-order valence-electron chi connectivity index (χ0n) is 15.0. The van der Waals surface area contributed by atoms with Crippen LogP contribution in [-0.4, -0.2) is 49.6 Å². The summed E-state index contributed by atoms with van der Waals surface area (Å²) < 4.78 is 3.29. The lowest BCUT2D eigenvalue weighted by Crippen LogP contribution is -2.03. The second kappa shape index (κ2) is 5.85. The van der Waals surface area contributed by atoms with Crippen molar-refractivity contribution in [1.82, 2.24) is 49.6 Å². The molecule has 0 N–H and O–H groups in total. The van der Waals surface area contributed by atoms with Gasteiger partial charge in [0, 0.05) is 22.7 Å². The Hall–Kier alpha value is -3.79. The summed E-state index contributed by atoms with van der Waals surface area (Å²) in [6.45, 7) is 1.85. The van der Waals surface area contributed by atoms with Crippen molar-refractivity contribution in [3.05, 3.63) is 59.2 Å². The third-order valence-electron chi connectivity index (χ3n) is 4.78. The molecule has 0 aliphatic rings. The topological polar surface area (TPSA) is 112 Å². The lowest BCUT2D eigenvalue weighted by molar-refractivity contribution is 0.831. The maximum atomic E-state index is 6.35. The van der Waals surface area contributed by atoms with Crippen LogP contribution in [-0.2, 0) is 6.42 Å². The number of halogens is 1. The first-order valence-electron chi connectivity index (χ1n) is 8.80. The van der Waals surface area contributed by atoms with Gasteiger partial charge in [-0.05, 0) is 31.2 Å². The van der Waals surface area contributed by atoms with E-state index in [0.717, 1.165) is 22.0 Å². The minimum Gasteiger partial charge on any atom is -0.252 e. The van der Waals surface area contributed by atoms with Gasteiger partial charge in [-0.2, -0.15) is 19.2 Å². The minimum absolute atomic E-state index is 0.347. The fraction of sp³-hybridized carbons (Fsp3) is 0.111. The first kappa shape index (κ1) is 16.2. The maximum absolute atomic E-state index is 6.35. The van der Waals surface area contributed by atoms with Crippen molar-refractivity contribution < 1.29 is 0 Å². The number of nitrogens with zero attached hydrogens (tertiary/aromatic N) is 10. The number of fused-ring (bicyclic) bond motifs is 6. The summed E-state index contributed by atoms with van der Waals surface area (Å²) in [5.74, 6) is 1.32. The van der Waals surface area contributed by atoms with Crippen LogP contribution < -0.4 is 0 Å². The minimum atomic E-state index is 0.347. The van der Waals surface area contributed by atoms with E-state index < -0.39 is 0 Å². The molecule has 0 fully saturated rings. The fourth-order valence-electron chi connectivity index (χ4n) is 3.38. The van der Waals surface area contributed by atoms with Crippen LogP contribution in [0.3, 0.4) is 0 Å². The van der Waals surface area contributed by atoms with Crippen LogP contribution in [0.25, 0.3) is 33.1 Å². The van der Waals surface area contributed by atoms with E-state index in [4.69, 9.17) is 16.6 Å². The summed E-state index contributed by atoms with van der Waals surface area (Å²) in [6.07, 6.45) is 3.86. The molecule has 0 saturated carbocycles. The largest absolute Gasteiger partial charge is 0.252 e. The maximum Gasteiger partial charge on any atom is 0.204 e. The molecule has 10 nitrogen and oxygen atoms in total. The summed E-state index contributed by atoms with van der Waals surface area (Å²) in [5, 5.41) is 27.6. The van der Waals surface area contributed by atoms with Crippen LogP contribution in [0.4, 0.5) is 0 Å². The Morgan fingerprint density at radius 1 is 0.966 bits per heavy atom. The van der Waals surface area contributed by atoms with Gasteiger partial charge in [-0.3, -0.25) is 4.98 Å². The lowest BCUT2D eigenvalue weighted by Gasteiger charge is -2.04. The van der Waals surface area contributed by atoms with Gasteiger partial charge in [-0.15, -0.1) is 20.4 Å². The summed E-state index contributed by atoms with van der Waals surface area (Å²) in [7, 11) is 0. The first-order chi connectivity index (χ1) is 14.2. The molecule has 0 aliphatic carbocycles. The molecular weight excluding hydrogens is 392 g/mol. The summed E-state index contributed by atoms with van der Waals surface area (Å²) in [4.78, 5) is 9.14. The van der Waals surface area contributed by atoms with Gasteiger partial charge in [0.2, 0.25) is 11.3 Å². The van der Waals surface area contributed by atoms with Gasteiger partial charge in [0.15, 0.2) is 16.8 Å². The van der Waals surface area contributed by atoms with Gasteiger partial charge in [-0.1, -0.05) is 11.6 Å². The summed E-state index contributed by atoms with van der Waals surface area (Å²) in [5.41, 5.74) is 3.35. The Bertz CT molecular complexity index is 1570. The zero-order chi connectivity index (χ0) is 19.5. The van der Waals surface area contributed by atoms with Gasteiger partial charge >= 0.3 is 0 Å². The molecule has 0 atom stereocenters. The Morgan fingerprint density at radius 2 is 1.83 bits per heavy atom. The highest BCUT2D eigenvalue weighted by atomic mass is 35.5. The zero-order valence-corrected chi connectivity index (χ0v) is 15.8. The fourth-order valence-corrected chi connectivity index (χ4v) is 3.61. The highest BCUT2D eigenvalue weighted by molar-refractivity contribution is 6.34. The van der Waals surface area contributed by atoms with Gasteiger partial charge in [-0.25, -0.2) is 4.98 Å². The van der Waals surface area contributed by atoms with Crippen molar-refractivity contribution in [2.45, 2.75) is 13.3 Å². The molecule has 0 spiro atoms. The number of hydrogen-bond donors (Lipinski definition) is 0. The highest BCUT2D eigenvalue weighted by Crippen LogP contribution is 2.23. The van der Waals surface area contributed by atoms with E-state index in [-0.39, 0.29) is 0 Å². The lowest BCUT2D eigenvalue weighted by atomic mass is 10.2. The van der Waals surface area contributed by atoms with Gasteiger partial charge in [0.1, 0.15) is 11.0 Å². The average Bonchev–Trinajstić information content (AvgIpc) is 3.32.